The Balaban J connectivity index is 1.68. The highest BCUT2D eigenvalue weighted by molar-refractivity contribution is 5.74. The first-order valence-corrected chi connectivity index (χ1v) is 9.16. The number of likely N-dealkylation sites (N-methyl/N-ethyl adjacent to an activating group) is 1. The van der Waals surface area contributed by atoms with E-state index in [0.29, 0.717) is 19.8 Å². The molecule has 140 valence electrons. The number of methoxy groups -OCH3 is 1. The molecule has 1 aromatic heterocycles. The molecule has 2 atom stereocenters. The van der Waals surface area contributed by atoms with Gasteiger partial charge >= 0.3 is 6.03 Å². The summed E-state index contributed by atoms with van der Waals surface area (Å²) in [5, 5.41) is 7.72. The molecular weight excluding hydrogens is 320 g/mol. The summed E-state index contributed by atoms with van der Waals surface area (Å²) in [6.07, 6.45) is 5.82. The van der Waals surface area contributed by atoms with Gasteiger partial charge in [-0.05, 0) is 38.7 Å². The number of aromatic nitrogens is 2. The van der Waals surface area contributed by atoms with Crippen LogP contribution in [0.4, 0.5) is 4.79 Å². The summed E-state index contributed by atoms with van der Waals surface area (Å²) in [5.41, 5.74) is 2.03. The second kappa shape index (κ2) is 7.33. The van der Waals surface area contributed by atoms with Gasteiger partial charge in [0.25, 0.3) is 0 Å². The van der Waals surface area contributed by atoms with Crippen LogP contribution in [0.3, 0.4) is 0 Å². The number of carbonyl (C=O) groups excluding carboxylic acids is 1. The highest BCUT2D eigenvalue weighted by Gasteiger charge is 2.37. The Morgan fingerprint density at radius 3 is 3.04 bits per heavy atom. The van der Waals surface area contributed by atoms with Gasteiger partial charge in [-0.25, -0.2) is 4.79 Å². The molecule has 0 aromatic carbocycles. The van der Waals surface area contributed by atoms with Crippen LogP contribution in [0.1, 0.15) is 56.5 Å². The molecule has 0 radical (unpaired) electrons. The molecule has 2 aliphatic rings. The predicted octanol–water partition coefficient (Wildman–Crippen LogP) is 2.29. The minimum Gasteiger partial charge on any atom is -0.378 e. The minimum atomic E-state index is -0.385. The van der Waals surface area contributed by atoms with E-state index in [1.807, 2.05) is 17.9 Å². The van der Waals surface area contributed by atoms with Crippen LogP contribution in [0.2, 0.25) is 0 Å². The Labute approximate surface area is 149 Å². The summed E-state index contributed by atoms with van der Waals surface area (Å²) in [5.74, 6) is 0. The lowest BCUT2D eigenvalue weighted by molar-refractivity contribution is -0.0305. The Bertz CT molecular complexity index is 607. The number of nitrogens with one attached hydrogen (secondary N) is 1. The molecule has 1 N–H and O–H groups in total. The number of urea groups is 1. The summed E-state index contributed by atoms with van der Waals surface area (Å²) in [7, 11) is 3.51. The van der Waals surface area contributed by atoms with Gasteiger partial charge in [0.15, 0.2) is 0 Å². The second-order valence-corrected chi connectivity index (χ2v) is 7.53. The summed E-state index contributed by atoms with van der Waals surface area (Å²) >= 11 is 0. The van der Waals surface area contributed by atoms with Crippen molar-refractivity contribution in [3.63, 3.8) is 0 Å². The smallest absolute Gasteiger partial charge is 0.317 e. The largest absolute Gasteiger partial charge is 0.378 e. The first-order valence-electron chi connectivity index (χ1n) is 9.16. The molecule has 1 saturated heterocycles. The van der Waals surface area contributed by atoms with Crippen molar-refractivity contribution in [3.05, 3.63) is 17.5 Å². The minimum absolute atomic E-state index is 0.0157. The van der Waals surface area contributed by atoms with Gasteiger partial charge in [-0.3, -0.25) is 4.68 Å². The van der Waals surface area contributed by atoms with Crippen LogP contribution in [0.5, 0.6) is 0 Å². The van der Waals surface area contributed by atoms with E-state index in [-0.39, 0.29) is 23.7 Å². The molecule has 2 amide bonds. The lowest BCUT2D eigenvalue weighted by Gasteiger charge is -2.33. The van der Waals surface area contributed by atoms with Crippen molar-refractivity contribution in [1.29, 1.82) is 0 Å². The van der Waals surface area contributed by atoms with Crippen LogP contribution in [-0.4, -0.2) is 60.2 Å². The molecule has 0 saturated carbocycles. The van der Waals surface area contributed by atoms with Gasteiger partial charge in [0.1, 0.15) is 5.60 Å². The Hall–Kier alpha value is -1.60. The molecule has 1 aromatic rings. The van der Waals surface area contributed by atoms with E-state index in [4.69, 9.17) is 9.47 Å². The molecule has 1 aliphatic carbocycles. The molecule has 7 heteroatoms. The van der Waals surface area contributed by atoms with Crippen molar-refractivity contribution in [2.45, 2.75) is 57.2 Å². The molecule has 25 heavy (non-hydrogen) atoms. The normalized spacial score (nSPS) is 25.9. The summed E-state index contributed by atoms with van der Waals surface area (Å²) < 4.78 is 13.2. The molecule has 1 aliphatic heterocycles. The number of hydrogen-bond acceptors (Lipinski definition) is 4. The fourth-order valence-corrected chi connectivity index (χ4v) is 3.87. The van der Waals surface area contributed by atoms with Gasteiger partial charge in [0.2, 0.25) is 0 Å². The van der Waals surface area contributed by atoms with Crippen molar-refractivity contribution < 1.29 is 14.3 Å². The van der Waals surface area contributed by atoms with Crippen LogP contribution in [0.15, 0.2) is 6.20 Å². The van der Waals surface area contributed by atoms with E-state index >= 15 is 0 Å². The van der Waals surface area contributed by atoms with E-state index < -0.39 is 0 Å². The van der Waals surface area contributed by atoms with E-state index in [0.717, 1.165) is 31.4 Å². The number of fused-ring (bicyclic) bond motifs is 1. The molecule has 0 spiro atoms. The topological polar surface area (TPSA) is 68.6 Å². The van der Waals surface area contributed by atoms with Gasteiger partial charge in [0, 0.05) is 33.2 Å². The Morgan fingerprint density at radius 2 is 2.40 bits per heavy atom. The molecule has 3 rings (SSSR count). The van der Waals surface area contributed by atoms with Gasteiger partial charge in [-0.15, -0.1) is 0 Å². The highest BCUT2D eigenvalue weighted by atomic mass is 16.5. The molecular formula is C18H30N4O3. The fraction of sp³-hybridized carbons (Fsp3) is 0.778. The lowest BCUT2D eigenvalue weighted by Crippen LogP contribution is -2.49. The highest BCUT2D eigenvalue weighted by Crippen LogP contribution is 2.31. The first kappa shape index (κ1) is 18.2. The van der Waals surface area contributed by atoms with Crippen LogP contribution >= 0.6 is 0 Å². The zero-order valence-electron chi connectivity index (χ0n) is 15.7. The van der Waals surface area contributed by atoms with Crippen LogP contribution < -0.4 is 5.32 Å². The zero-order chi connectivity index (χ0) is 18.0. The van der Waals surface area contributed by atoms with Crippen LogP contribution in [-0.2, 0) is 15.9 Å². The standard InChI is InChI=1S/C18H30N4O3/c1-13(2)22-16-14(10-19-22)6-5-7-15(16)20-17(23)21(3)11-18(24-4)8-9-25-12-18/h10,13,15H,5-9,11-12H2,1-4H3,(H,20,23). The third-order valence-corrected chi connectivity index (χ3v) is 5.34. The average molecular weight is 350 g/mol. The predicted molar refractivity (Wildman–Crippen MR) is 94.6 cm³/mol. The maximum atomic E-state index is 12.8. The van der Waals surface area contributed by atoms with E-state index in [2.05, 4.69) is 24.3 Å². The number of rotatable bonds is 5. The number of aryl methyl sites for hydroxylation is 1. The number of carbonyl (C=O) groups is 1. The van der Waals surface area contributed by atoms with E-state index in [1.165, 1.54) is 5.56 Å². The van der Waals surface area contributed by atoms with Crippen LogP contribution in [0.25, 0.3) is 0 Å². The summed E-state index contributed by atoms with van der Waals surface area (Å²) in [4.78, 5) is 14.5. The number of ether oxygens (including phenoxy) is 2. The van der Waals surface area contributed by atoms with E-state index in [9.17, 15) is 4.79 Å². The van der Waals surface area contributed by atoms with Crippen LogP contribution in [0, 0.1) is 0 Å². The fourth-order valence-electron chi connectivity index (χ4n) is 3.87. The number of nitrogens with zero attached hydrogens (tertiary/aromatic N) is 3. The quantitative estimate of drug-likeness (QED) is 0.885. The molecule has 7 nitrogen and oxygen atoms in total. The molecule has 0 bridgehead atoms. The Kier molecular flexibility index (Phi) is 5.34. The number of hydrogen-bond donors (Lipinski definition) is 1. The molecule has 2 heterocycles. The van der Waals surface area contributed by atoms with Gasteiger partial charge in [0.05, 0.1) is 31.1 Å². The third-order valence-electron chi connectivity index (χ3n) is 5.34. The maximum Gasteiger partial charge on any atom is 0.317 e. The molecule has 1 fully saturated rings. The van der Waals surface area contributed by atoms with E-state index in [1.54, 1.807) is 12.0 Å². The number of amides is 2. The Morgan fingerprint density at radius 1 is 1.60 bits per heavy atom. The summed E-state index contributed by atoms with van der Waals surface area (Å²) in [6, 6.07) is 0.228. The SMILES string of the molecule is COC1(CN(C)C(=O)NC2CCCc3cnn(C(C)C)c32)CCOC1. The van der Waals surface area contributed by atoms with Crippen molar-refractivity contribution >= 4 is 6.03 Å². The molecule has 2 unspecified atom stereocenters. The summed E-state index contributed by atoms with van der Waals surface area (Å²) in [6.45, 7) is 5.99. The van der Waals surface area contributed by atoms with Gasteiger partial charge < -0.3 is 19.7 Å². The maximum absolute atomic E-state index is 12.8. The second-order valence-electron chi connectivity index (χ2n) is 7.53. The average Bonchev–Trinajstić information content (AvgIpc) is 3.22. The van der Waals surface area contributed by atoms with Gasteiger partial charge in [-0.2, -0.15) is 5.10 Å². The van der Waals surface area contributed by atoms with Gasteiger partial charge in [-0.1, -0.05) is 0 Å². The van der Waals surface area contributed by atoms with Crippen molar-refractivity contribution in [2.75, 3.05) is 33.9 Å². The third kappa shape index (κ3) is 3.67. The van der Waals surface area contributed by atoms with Crippen molar-refractivity contribution in [3.8, 4) is 0 Å². The monoisotopic (exact) mass is 350 g/mol. The van der Waals surface area contributed by atoms with Crippen molar-refractivity contribution in [1.82, 2.24) is 20.0 Å². The zero-order valence-corrected chi connectivity index (χ0v) is 15.7. The lowest BCUT2D eigenvalue weighted by atomic mass is 9.93. The first-order chi connectivity index (χ1) is 12.0. The van der Waals surface area contributed by atoms with Crippen molar-refractivity contribution in [2.24, 2.45) is 0 Å².